The molecule has 0 spiro atoms. The summed E-state index contributed by atoms with van der Waals surface area (Å²) in [5.41, 5.74) is 2.43. The maximum absolute atomic E-state index is 13.4. The van der Waals surface area contributed by atoms with E-state index in [1.165, 1.54) is 17.0 Å². The number of amides is 2. The Morgan fingerprint density at radius 3 is 2.19 bits per heavy atom. The first-order valence-electron chi connectivity index (χ1n) is 10.5. The SMILES string of the molecule is O=C1C2ON(c3ccccc3)C(/C=C/c3ccc(F)cc3)C2C(=O)N1Cc1ccccc1. The first-order valence-corrected chi connectivity index (χ1v) is 10.5. The lowest BCUT2D eigenvalue weighted by Crippen LogP contribution is -2.39. The quantitative estimate of drug-likeness (QED) is 0.571. The van der Waals surface area contributed by atoms with E-state index in [1.54, 1.807) is 17.2 Å². The number of carbonyl (C=O) groups is 2. The Kier molecular flexibility index (Phi) is 5.29. The van der Waals surface area contributed by atoms with E-state index in [0.29, 0.717) is 0 Å². The van der Waals surface area contributed by atoms with Crippen LogP contribution >= 0.6 is 0 Å². The molecular formula is C26H21FN2O3. The predicted molar refractivity (Wildman–Crippen MR) is 119 cm³/mol. The molecule has 2 aliphatic heterocycles. The Balaban J connectivity index is 1.46. The number of fused-ring (bicyclic) bond motifs is 1. The number of nitrogens with zero attached hydrogens (tertiary/aromatic N) is 2. The van der Waals surface area contributed by atoms with Crippen LogP contribution in [0.4, 0.5) is 10.1 Å². The molecule has 3 aromatic rings. The van der Waals surface area contributed by atoms with E-state index in [1.807, 2.05) is 72.8 Å². The van der Waals surface area contributed by atoms with Gasteiger partial charge in [-0.25, -0.2) is 9.45 Å². The second-order valence-electron chi connectivity index (χ2n) is 7.86. The third kappa shape index (κ3) is 3.69. The van der Waals surface area contributed by atoms with Gasteiger partial charge in [-0.1, -0.05) is 72.8 Å². The van der Waals surface area contributed by atoms with Gasteiger partial charge >= 0.3 is 0 Å². The minimum absolute atomic E-state index is 0.217. The van der Waals surface area contributed by atoms with E-state index >= 15 is 0 Å². The van der Waals surface area contributed by atoms with E-state index in [2.05, 4.69) is 0 Å². The fourth-order valence-corrected chi connectivity index (χ4v) is 4.21. The molecule has 3 unspecified atom stereocenters. The van der Waals surface area contributed by atoms with Crippen molar-refractivity contribution in [2.45, 2.75) is 18.7 Å². The van der Waals surface area contributed by atoms with Crippen LogP contribution in [0.5, 0.6) is 0 Å². The monoisotopic (exact) mass is 428 g/mol. The summed E-state index contributed by atoms with van der Waals surface area (Å²) in [6.45, 7) is 0.217. The van der Waals surface area contributed by atoms with Gasteiger partial charge in [-0.3, -0.25) is 19.3 Å². The smallest absolute Gasteiger partial charge is 0.262 e. The highest BCUT2D eigenvalue weighted by Gasteiger charge is 2.58. The summed E-state index contributed by atoms with van der Waals surface area (Å²) >= 11 is 0. The van der Waals surface area contributed by atoms with Crippen LogP contribution in [0.15, 0.2) is 91.0 Å². The maximum atomic E-state index is 13.4. The molecule has 3 aromatic carbocycles. The van der Waals surface area contributed by atoms with Crippen molar-refractivity contribution in [1.82, 2.24) is 4.90 Å². The van der Waals surface area contributed by atoms with Gasteiger partial charge in [0.2, 0.25) is 5.91 Å². The molecule has 0 aliphatic carbocycles. The molecule has 0 aromatic heterocycles. The third-order valence-electron chi connectivity index (χ3n) is 5.80. The molecule has 0 N–H and O–H groups in total. The van der Waals surface area contributed by atoms with Crippen LogP contribution in [-0.4, -0.2) is 28.9 Å². The number of hydroxylamine groups is 1. The lowest BCUT2D eigenvalue weighted by atomic mass is 9.95. The molecule has 160 valence electrons. The summed E-state index contributed by atoms with van der Waals surface area (Å²) in [5.74, 6) is -1.56. The number of likely N-dealkylation sites (tertiary alicyclic amines) is 1. The summed E-state index contributed by atoms with van der Waals surface area (Å²) in [5, 5.41) is 1.63. The van der Waals surface area contributed by atoms with Gasteiger partial charge in [-0.15, -0.1) is 0 Å². The van der Waals surface area contributed by atoms with Crippen molar-refractivity contribution in [3.8, 4) is 0 Å². The van der Waals surface area contributed by atoms with Crippen molar-refractivity contribution in [3.05, 3.63) is 108 Å². The Morgan fingerprint density at radius 2 is 1.50 bits per heavy atom. The molecule has 0 saturated carbocycles. The van der Waals surface area contributed by atoms with Gasteiger partial charge in [0.15, 0.2) is 6.10 Å². The van der Waals surface area contributed by atoms with Crippen LogP contribution in [0.1, 0.15) is 11.1 Å². The van der Waals surface area contributed by atoms with Crippen LogP contribution in [0.25, 0.3) is 6.08 Å². The highest BCUT2D eigenvalue weighted by atomic mass is 19.1. The lowest BCUT2D eigenvalue weighted by Gasteiger charge is -2.26. The molecule has 0 bridgehead atoms. The number of para-hydroxylation sites is 1. The van der Waals surface area contributed by atoms with E-state index in [9.17, 15) is 14.0 Å². The van der Waals surface area contributed by atoms with Crippen LogP contribution < -0.4 is 5.06 Å². The van der Waals surface area contributed by atoms with Crippen molar-refractivity contribution in [1.29, 1.82) is 0 Å². The number of hydrogen-bond donors (Lipinski definition) is 0. The summed E-state index contributed by atoms with van der Waals surface area (Å²) in [4.78, 5) is 33.8. The Labute approximate surface area is 185 Å². The Bertz CT molecular complexity index is 1150. The molecule has 0 radical (unpaired) electrons. The molecule has 5 nitrogen and oxygen atoms in total. The van der Waals surface area contributed by atoms with Gasteiger partial charge in [0.25, 0.3) is 5.91 Å². The number of anilines is 1. The number of benzene rings is 3. The fraction of sp³-hybridized carbons (Fsp3) is 0.154. The molecule has 2 saturated heterocycles. The molecule has 5 rings (SSSR count). The first kappa shape index (κ1) is 20.2. The van der Waals surface area contributed by atoms with Crippen LogP contribution in [0.2, 0.25) is 0 Å². The van der Waals surface area contributed by atoms with E-state index in [4.69, 9.17) is 4.84 Å². The van der Waals surface area contributed by atoms with Crippen molar-refractivity contribution in [2.24, 2.45) is 5.92 Å². The first-order chi connectivity index (χ1) is 15.6. The minimum Gasteiger partial charge on any atom is -0.275 e. The van der Waals surface area contributed by atoms with Crippen LogP contribution in [0, 0.1) is 11.7 Å². The zero-order valence-electron chi connectivity index (χ0n) is 17.2. The number of halogens is 1. The fourth-order valence-electron chi connectivity index (χ4n) is 4.21. The molecule has 2 amide bonds. The summed E-state index contributed by atoms with van der Waals surface area (Å²) in [6.07, 6.45) is 2.79. The van der Waals surface area contributed by atoms with Gasteiger partial charge in [0.1, 0.15) is 11.7 Å². The largest absolute Gasteiger partial charge is 0.275 e. The maximum Gasteiger partial charge on any atom is 0.262 e. The molecule has 6 heteroatoms. The summed E-state index contributed by atoms with van der Waals surface area (Å²) in [6, 6.07) is 24.4. The highest BCUT2D eigenvalue weighted by molar-refractivity contribution is 6.07. The number of imide groups is 1. The van der Waals surface area contributed by atoms with Gasteiger partial charge in [0.05, 0.1) is 18.3 Å². The normalized spacial score (nSPS) is 22.7. The average molecular weight is 428 g/mol. The van der Waals surface area contributed by atoms with Crippen molar-refractivity contribution in [3.63, 3.8) is 0 Å². The lowest BCUT2D eigenvalue weighted by molar-refractivity contribution is -0.143. The molecule has 32 heavy (non-hydrogen) atoms. The molecule has 3 atom stereocenters. The Hall–Kier alpha value is -3.77. The van der Waals surface area contributed by atoms with Crippen LogP contribution in [-0.2, 0) is 21.0 Å². The standard InChI is InChI=1S/C26H21FN2O3/c27-20-14-11-18(12-15-20)13-16-22-23-24(32-29(22)21-9-5-2-6-10-21)26(31)28(25(23)30)17-19-7-3-1-4-8-19/h1-16,22-24H,17H2/b16-13+. The zero-order chi connectivity index (χ0) is 22.1. The molecule has 2 heterocycles. The average Bonchev–Trinajstić information content (AvgIpc) is 3.31. The van der Waals surface area contributed by atoms with Gasteiger partial charge < -0.3 is 0 Å². The number of hydrogen-bond acceptors (Lipinski definition) is 4. The Morgan fingerprint density at radius 1 is 0.844 bits per heavy atom. The summed E-state index contributed by atoms with van der Waals surface area (Å²) in [7, 11) is 0. The zero-order valence-corrected chi connectivity index (χ0v) is 17.2. The van der Waals surface area contributed by atoms with E-state index in [0.717, 1.165) is 16.8 Å². The molecule has 2 aliphatic rings. The number of carbonyl (C=O) groups excluding carboxylic acids is 2. The van der Waals surface area contributed by atoms with Gasteiger partial charge in [-0.05, 0) is 35.4 Å². The van der Waals surface area contributed by atoms with Crippen molar-refractivity contribution < 1.29 is 18.8 Å². The number of rotatable bonds is 5. The van der Waals surface area contributed by atoms with Gasteiger partial charge in [0, 0.05) is 0 Å². The molecular weight excluding hydrogens is 407 g/mol. The van der Waals surface area contributed by atoms with Crippen molar-refractivity contribution >= 4 is 23.6 Å². The highest BCUT2D eigenvalue weighted by Crippen LogP contribution is 2.39. The van der Waals surface area contributed by atoms with Gasteiger partial charge in [-0.2, -0.15) is 0 Å². The molecule has 2 fully saturated rings. The second kappa shape index (κ2) is 8.40. The summed E-state index contributed by atoms with van der Waals surface area (Å²) < 4.78 is 13.3. The van der Waals surface area contributed by atoms with E-state index in [-0.39, 0.29) is 24.2 Å². The second-order valence-corrected chi connectivity index (χ2v) is 7.86. The predicted octanol–water partition coefficient (Wildman–Crippen LogP) is 4.21. The minimum atomic E-state index is -0.880. The van der Waals surface area contributed by atoms with Crippen LogP contribution in [0.3, 0.4) is 0 Å². The van der Waals surface area contributed by atoms with E-state index < -0.39 is 18.1 Å². The topological polar surface area (TPSA) is 49.9 Å². The third-order valence-corrected chi connectivity index (χ3v) is 5.80. The van der Waals surface area contributed by atoms with Crippen molar-refractivity contribution in [2.75, 3.05) is 5.06 Å².